The van der Waals surface area contributed by atoms with Crippen LogP contribution in [-0.2, 0) is 4.74 Å². The molecule has 1 atom stereocenters. The normalized spacial score (nSPS) is 18.1. The Hall–Kier alpha value is -1.16. The highest BCUT2D eigenvalue weighted by Crippen LogP contribution is 2.37. The SMILES string of the molecule is COC1=NC(Oc2c(Cl)cc(Cl)cc2Cl)C=C(C(C)(C)C)C=C1. The van der Waals surface area contributed by atoms with Crippen LogP contribution >= 0.6 is 34.8 Å². The molecule has 0 radical (unpaired) electrons. The summed E-state index contributed by atoms with van der Waals surface area (Å²) in [6.45, 7) is 6.33. The average molecular weight is 375 g/mol. The maximum absolute atomic E-state index is 6.18. The molecule has 1 aliphatic heterocycles. The van der Waals surface area contributed by atoms with E-state index in [0.29, 0.717) is 26.7 Å². The van der Waals surface area contributed by atoms with Gasteiger partial charge in [-0.2, -0.15) is 0 Å². The van der Waals surface area contributed by atoms with E-state index < -0.39 is 6.23 Å². The third-order valence-electron chi connectivity index (χ3n) is 3.26. The average Bonchev–Trinajstić information content (AvgIpc) is 2.64. The topological polar surface area (TPSA) is 30.8 Å². The van der Waals surface area contributed by atoms with Gasteiger partial charge in [0.05, 0.1) is 17.2 Å². The molecule has 6 heteroatoms. The van der Waals surface area contributed by atoms with Gasteiger partial charge >= 0.3 is 0 Å². The summed E-state index contributed by atoms with van der Waals surface area (Å²) in [5.41, 5.74) is 1.00. The second-order valence-electron chi connectivity index (χ2n) is 6.08. The predicted octanol–water partition coefficient (Wildman–Crippen LogP) is 5.94. The number of ether oxygens (including phenoxy) is 2. The Morgan fingerprint density at radius 2 is 1.65 bits per heavy atom. The van der Waals surface area contributed by atoms with Gasteiger partial charge in [0.25, 0.3) is 0 Å². The lowest BCUT2D eigenvalue weighted by atomic mass is 9.86. The van der Waals surface area contributed by atoms with E-state index >= 15 is 0 Å². The van der Waals surface area contributed by atoms with Crippen LogP contribution in [0.1, 0.15) is 20.8 Å². The lowest BCUT2D eigenvalue weighted by Gasteiger charge is -2.21. The van der Waals surface area contributed by atoms with Crippen molar-refractivity contribution in [3.63, 3.8) is 0 Å². The number of nitrogens with zero attached hydrogens (tertiary/aromatic N) is 1. The first kappa shape index (κ1) is 18.2. The summed E-state index contributed by atoms with van der Waals surface area (Å²) in [6, 6.07) is 3.16. The standard InChI is InChI=1S/C17H18Cl3NO2/c1-17(2,3)10-5-6-14(22-4)21-15(7-10)23-16-12(19)8-11(18)9-13(16)20/h5-9,15H,1-4H3. The third kappa shape index (κ3) is 4.66. The summed E-state index contributed by atoms with van der Waals surface area (Å²) >= 11 is 18.3. The van der Waals surface area contributed by atoms with Gasteiger partial charge in [0, 0.05) is 11.1 Å². The Labute approximate surface area is 151 Å². The number of hydrogen-bond donors (Lipinski definition) is 0. The summed E-state index contributed by atoms with van der Waals surface area (Å²) in [7, 11) is 1.56. The van der Waals surface area contributed by atoms with E-state index in [1.807, 2.05) is 18.2 Å². The monoisotopic (exact) mass is 373 g/mol. The predicted molar refractivity (Wildman–Crippen MR) is 97.0 cm³/mol. The van der Waals surface area contributed by atoms with E-state index in [2.05, 4.69) is 25.8 Å². The molecule has 0 aromatic heterocycles. The maximum atomic E-state index is 6.18. The third-order valence-corrected chi connectivity index (χ3v) is 4.04. The molecular weight excluding hydrogens is 357 g/mol. The van der Waals surface area contributed by atoms with E-state index in [1.165, 1.54) is 0 Å². The second kappa shape index (κ2) is 7.16. The zero-order valence-corrected chi connectivity index (χ0v) is 15.6. The zero-order valence-electron chi connectivity index (χ0n) is 13.4. The van der Waals surface area contributed by atoms with E-state index in [1.54, 1.807) is 19.2 Å². The molecule has 1 aromatic rings. The van der Waals surface area contributed by atoms with Crippen molar-refractivity contribution in [1.29, 1.82) is 0 Å². The first-order chi connectivity index (χ1) is 10.7. The minimum Gasteiger partial charge on any atom is -0.481 e. The minimum atomic E-state index is -0.606. The first-order valence-electron chi connectivity index (χ1n) is 7.04. The highest BCUT2D eigenvalue weighted by molar-refractivity contribution is 6.40. The summed E-state index contributed by atoms with van der Waals surface area (Å²) in [4.78, 5) is 4.42. The molecule has 0 saturated heterocycles. The van der Waals surface area contributed by atoms with Crippen LogP contribution in [-0.4, -0.2) is 19.2 Å². The zero-order chi connectivity index (χ0) is 17.2. The van der Waals surface area contributed by atoms with Crippen molar-refractivity contribution in [1.82, 2.24) is 0 Å². The molecule has 0 spiro atoms. The molecule has 0 aliphatic carbocycles. The molecule has 23 heavy (non-hydrogen) atoms. The summed E-state index contributed by atoms with van der Waals surface area (Å²) < 4.78 is 11.1. The maximum Gasteiger partial charge on any atom is 0.213 e. The summed E-state index contributed by atoms with van der Waals surface area (Å²) in [5.74, 6) is 0.806. The number of rotatable bonds is 2. The van der Waals surface area contributed by atoms with Crippen LogP contribution in [0.3, 0.4) is 0 Å². The molecule has 0 bridgehead atoms. The fourth-order valence-electron chi connectivity index (χ4n) is 2.02. The highest BCUT2D eigenvalue weighted by Gasteiger charge is 2.21. The molecule has 1 unspecified atom stereocenters. The smallest absolute Gasteiger partial charge is 0.213 e. The van der Waals surface area contributed by atoms with E-state index in [-0.39, 0.29) is 5.41 Å². The van der Waals surface area contributed by atoms with Crippen molar-refractivity contribution in [2.45, 2.75) is 27.0 Å². The van der Waals surface area contributed by atoms with Crippen molar-refractivity contribution in [2.24, 2.45) is 10.4 Å². The lowest BCUT2D eigenvalue weighted by Crippen LogP contribution is -2.16. The fourth-order valence-corrected chi connectivity index (χ4v) is 2.93. The quantitative estimate of drug-likeness (QED) is 0.641. The van der Waals surface area contributed by atoms with Crippen molar-refractivity contribution in [2.75, 3.05) is 7.11 Å². The van der Waals surface area contributed by atoms with Gasteiger partial charge in [0.15, 0.2) is 5.75 Å². The van der Waals surface area contributed by atoms with Gasteiger partial charge in [-0.05, 0) is 29.2 Å². The summed E-state index contributed by atoms with van der Waals surface area (Å²) in [6.07, 6.45) is 5.09. The molecule has 0 saturated carbocycles. The molecule has 3 nitrogen and oxygen atoms in total. The van der Waals surface area contributed by atoms with Crippen molar-refractivity contribution in [3.05, 3.63) is 51.0 Å². The Morgan fingerprint density at radius 3 is 2.17 bits per heavy atom. The van der Waals surface area contributed by atoms with E-state index in [0.717, 1.165) is 5.57 Å². The molecular formula is C17H18Cl3NO2. The largest absolute Gasteiger partial charge is 0.481 e. The van der Waals surface area contributed by atoms with Crippen molar-refractivity contribution < 1.29 is 9.47 Å². The fraction of sp³-hybridized carbons (Fsp3) is 0.353. The van der Waals surface area contributed by atoms with Crippen LogP contribution in [0.15, 0.2) is 40.9 Å². The number of benzene rings is 1. The second-order valence-corrected chi connectivity index (χ2v) is 7.33. The van der Waals surface area contributed by atoms with Crippen LogP contribution in [0.2, 0.25) is 15.1 Å². The molecule has 0 fully saturated rings. The molecule has 0 amide bonds. The molecule has 0 N–H and O–H groups in total. The number of methoxy groups -OCH3 is 1. The Kier molecular flexibility index (Phi) is 5.66. The van der Waals surface area contributed by atoms with E-state index in [4.69, 9.17) is 44.3 Å². The molecule has 2 rings (SSSR count). The van der Waals surface area contributed by atoms with Crippen LogP contribution in [0.4, 0.5) is 0 Å². The van der Waals surface area contributed by atoms with Crippen LogP contribution < -0.4 is 4.74 Å². The number of allylic oxidation sites excluding steroid dienone is 2. The van der Waals surface area contributed by atoms with Gasteiger partial charge in [-0.25, -0.2) is 4.99 Å². The first-order valence-corrected chi connectivity index (χ1v) is 8.17. The van der Waals surface area contributed by atoms with Crippen LogP contribution in [0.5, 0.6) is 5.75 Å². The van der Waals surface area contributed by atoms with Gasteiger partial charge < -0.3 is 9.47 Å². The Balaban J connectivity index is 2.40. The lowest BCUT2D eigenvalue weighted by molar-refractivity contribution is 0.252. The molecule has 1 aliphatic rings. The van der Waals surface area contributed by atoms with E-state index in [9.17, 15) is 0 Å². The molecule has 124 valence electrons. The number of hydrogen-bond acceptors (Lipinski definition) is 3. The van der Waals surface area contributed by atoms with Crippen molar-refractivity contribution in [3.8, 4) is 5.75 Å². The number of halogens is 3. The van der Waals surface area contributed by atoms with Gasteiger partial charge in [-0.15, -0.1) is 0 Å². The number of aliphatic imine (C=N–C) groups is 1. The molecule has 1 heterocycles. The van der Waals surface area contributed by atoms with Gasteiger partial charge in [-0.1, -0.05) is 61.7 Å². The van der Waals surface area contributed by atoms with Crippen molar-refractivity contribution >= 4 is 40.7 Å². The minimum absolute atomic E-state index is 0.0651. The molecule has 1 aromatic carbocycles. The summed E-state index contributed by atoms with van der Waals surface area (Å²) in [5, 5.41) is 1.11. The van der Waals surface area contributed by atoms with Gasteiger partial charge in [0.2, 0.25) is 12.1 Å². The Bertz CT molecular complexity index is 665. The van der Waals surface area contributed by atoms with Crippen LogP contribution in [0, 0.1) is 5.41 Å². The van der Waals surface area contributed by atoms with Gasteiger partial charge in [-0.3, -0.25) is 0 Å². The van der Waals surface area contributed by atoms with Gasteiger partial charge in [0.1, 0.15) is 0 Å². The highest BCUT2D eigenvalue weighted by atomic mass is 35.5. The Morgan fingerprint density at radius 1 is 1.04 bits per heavy atom. The van der Waals surface area contributed by atoms with Crippen LogP contribution in [0.25, 0.3) is 0 Å².